The minimum atomic E-state index is -3.72. The molecule has 0 bridgehead atoms. The molecule has 0 saturated carbocycles. The molecule has 1 aromatic rings. The number of nitrogens with one attached hydrogen (secondary N) is 1. The highest BCUT2D eigenvalue weighted by atomic mass is 79.9. The Morgan fingerprint density at radius 1 is 1.41 bits per heavy atom. The molecular weight excluding hydrogens is 381 g/mol. The lowest BCUT2D eigenvalue weighted by atomic mass is 10.2. The van der Waals surface area contributed by atoms with Crippen molar-refractivity contribution in [2.24, 2.45) is 0 Å². The molecule has 1 unspecified atom stereocenters. The topological polar surface area (TPSA) is 81.7 Å². The highest BCUT2D eigenvalue weighted by molar-refractivity contribution is 9.10. The Bertz CT molecular complexity index is 646. The van der Waals surface area contributed by atoms with Crippen LogP contribution >= 0.6 is 15.9 Å². The summed E-state index contributed by atoms with van der Waals surface area (Å²) in [5.41, 5.74) is -0.310. The van der Waals surface area contributed by atoms with Gasteiger partial charge in [0.25, 0.3) is 0 Å². The van der Waals surface area contributed by atoms with Gasteiger partial charge < -0.3 is 9.47 Å². The fraction of sp³-hybridized carbons (Fsp3) is 0.462. The maximum absolute atomic E-state index is 13.7. The van der Waals surface area contributed by atoms with Crippen molar-refractivity contribution in [3.8, 4) is 0 Å². The quantitative estimate of drug-likeness (QED) is 0.714. The number of carbonyl (C=O) groups excluding carboxylic acids is 1. The molecule has 0 aliphatic heterocycles. The minimum absolute atomic E-state index is 0.0488. The number of carbonyl (C=O) groups is 1. The van der Waals surface area contributed by atoms with E-state index in [4.69, 9.17) is 4.74 Å². The number of benzene rings is 1. The third-order valence-corrected chi connectivity index (χ3v) is 4.92. The van der Waals surface area contributed by atoms with Crippen molar-refractivity contribution in [1.82, 2.24) is 0 Å². The number of hydrogen-bond donors (Lipinski definition) is 1. The zero-order valence-electron chi connectivity index (χ0n) is 12.4. The second-order valence-electron chi connectivity index (χ2n) is 4.45. The Labute approximate surface area is 137 Å². The molecule has 0 aliphatic carbocycles. The van der Waals surface area contributed by atoms with Gasteiger partial charge in [0, 0.05) is 11.6 Å². The van der Waals surface area contributed by atoms with E-state index >= 15 is 0 Å². The molecule has 0 heterocycles. The number of anilines is 1. The summed E-state index contributed by atoms with van der Waals surface area (Å²) < 4.78 is 49.8. The van der Waals surface area contributed by atoms with Crippen LogP contribution in [0.4, 0.5) is 10.1 Å². The van der Waals surface area contributed by atoms with Gasteiger partial charge >= 0.3 is 5.97 Å². The highest BCUT2D eigenvalue weighted by Gasteiger charge is 2.21. The third-order valence-electron chi connectivity index (χ3n) is 2.92. The number of esters is 1. The van der Waals surface area contributed by atoms with Crippen molar-refractivity contribution in [2.75, 3.05) is 24.7 Å². The molecule has 0 fully saturated rings. The van der Waals surface area contributed by atoms with Crippen molar-refractivity contribution >= 4 is 37.6 Å². The van der Waals surface area contributed by atoms with Crippen LogP contribution in [0.15, 0.2) is 16.6 Å². The van der Waals surface area contributed by atoms with E-state index in [0.29, 0.717) is 6.42 Å². The maximum atomic E-state index is 13.7. The van der Waals surface area contributed by atoms with Gasteiger partial charge in [0.1, 0.15) is 5.82 Å². The van der Waals surface area contributed by atoms with Crippen LogP contribution < -0.4 is 4.72 Å². The summed E-state index contributed by atoms with van der Waals surface area (Å²) in [6.07, 6.45) is 0.0619. The Balaban J connectivity index is 3.09. The van der Waals surface area contributed by atoms with Gasteiger partial charge in [0.2, 0.25) is 10.0 Å². The summed E-state index contributed by atoms with van der Waals surface area (Å²) in [7, 11) is -1.19. The van der Waals surface area contributed by atoms with Crippen LogP contribution in [0, 0.1) is 5.82 Å². The summed E-state index contributed by atoms with van der Waals surface area (Å²) in [6, 6.07) is 2.08. The zero-order valence-corrected chi connectivity index (χ0v) is 14.8. The van der Waals surface area contributed by atoms with E-state index in [2.05, 4.69) is 25.4 Å². The fourth-order valence-electron chi connectivity index (χ4n) is 1.70. The van der Waals surface area contributed by atoms with Crippen molar-refractivity contribution in [3.63, 3.8) is 0 Å². The van der Waals surface area contributed by atoms with Gasteiger partial charge in [-0.2, -0.15) is 0 Å². The molecule has 0 spiro atoms. The van der Waals surface area contributed by atoms with Gasteiger partial charge in [-0.15, -0.1) is 0 Å². The van der Waals surface area contributed by atoms with Crippen molar-refractivity contribution in [3.05, 3.63) is 28.0 Å². The van der Waals surface area contributed by atoms with Crippen LogP contribution in [-0.2, 0) is 19.5 Å². The fourth-order valence-corrected chi connectivity index (χ4v) is 3.69. The van der Waals surface area contributed by atoms with Crippen LogP contribution in [-0.4, -0.2) is 40.5 Å². The van der Waals surface area contributed by atoms with Gasteiger partial charge in [0.15, 0.2) is 0 Å². The van der Waals surface area contributed by atoms with Crippen LogP contribution in [0.25, 0.3) is 0 Å². The van der Waals surface area contributed by atoms with Crippen LogP contribution in [0.2, 0.25) is 0 Å². The maximum Gasteiger partial charge on any atom is 0.340 e. The molecule has 1 aromatic carbocycles. The monoisotopic (exact) mass is 397 g/mol. The predicted molar refractivity (Wildman–Crippen MR) is 83.9 cm³/mol. The molecule has 0 saturated heterocycles. The van der Waals surface area contributed by atoms with E-state index in [-0.39, 0.29) is 21.5 Å². The summed E-state index contributed by atoms with van der Waals surface area (Å²) in [5.74, 6) is -1.96. The Morgan fingerprint density at radius 3 is 2.55 bits per heavy atom. The second kappa shape index (κ2) is 7.89. The van der Waals surface area contributed by atoms with Crippen molar-refractivity contribution in [1.29, 1.82) is 0 Å². The zero-order chi connectivity index (χ0) is 16.9. The molecule has 1 rings (SSSR count). The van der Waals surface area contributed by atoms with E-state index in [1.807, 2.05) is 0 Å². The number of ether oxygens (including phenoxy) is 2. The first-order valence-electron chi connectivity index (χ1n) is 6.34. The van der Waals surface area contributed by atoms with Gasteiger partial charge in [-0.3, -0.25) is 4.72 Å². The van der Waals surface area contributed by atoms with E-state index in [0.717, 1.165) is 19.2 Å². The van der Waals surface area contributed by atoms with E-state index in [1.165, 1.54) is 7.11 Å². The van der Waals surface area contributed by atoms with Crippen LogP contribution in [0.1, 0.15) is 23.7 Å². The number of sulfonamides is 1. The SMILES string of the molecule is CCC(CS(=O)(=O)Nc1cc(C(=O)OC)c(F)cc1Br)OC. The second-order valence-corrected chi connectivity index (χ2v) is 7.07. The van der Waals surface area contributed by atoms with Gasteiger partial charge in [-0.1, -0.05) is 6.92 Å². The average molecular weight is 398 g/mol. The molecule has 124 valence electrons. The first-order chi connectivity index (χ1) is 10.2. The number of hydrogen-bond acceptors (Lipinski definition) is 5. The number of rotatable bonds is 7. The summed E-state index contributed by atoms with van der Waals surface area (Å²) in [6.45, 7) is 1.80. The minimum Gasteiger partial charge on any atom is -0.465 e. The summed E-state index contributed by atoms with van der Waals surface area (Å²) >= 11 is 3.06. The molecule has 0 aromatic heterocycles. The van der Waals surface area contributed by atoms with Gasteiger partial charge in [-0.05, 0) is 34.5 Å². The molecule has 6 nitrogen and oxygen atoms in total. The molecule has 1 atom stereocenters. The molecule has 9 heteroatoms. The predicted octanol–water partition coefficient (Wildman–Crippen LogP) is 2.54. The van der Waals surface area contributed by atoms with Crippen LogP contribution in [0.3, 0.4) is 0 Å². The molecule has 0 amide bonds. The Hall–Kier alpha value is -1.19. The molecule has 0 aliphatic rings. The van der Waals surface area contributed by atoms with E-state index in [9.17, 15) is 17.6 Å². The molecular formula is C13H17BrFNO5S. The smallest absolute Gasteiger partial charge is 0.340 e. The standard InChI is InChI=1S/C13H17BrFNO5S/c1-4-8(20-2)7-22(18,19)16-12-5-9(13(17)21-3)11(15)6-10(12)14/h5-6,8,16H,4,7H2,1-3H3. The summed E-state index contributed by atoms with van der Waals surface area (Å²) in [4.78, 5) is 11.5. The van der Waals surface area contributed by atoms with Crippen LogP contribution in [0.5, 0.6) is 0 Å². The van der Waals surface area contributed by atoms with Gasteiger partial charge in [-0.25, -0.2) is 17.6 Å². The average Bonchev–Trinajstić information content (AvgIpc) is 2.46. The molecule has 22 heavy (non-hydrogen) atoms. The van der Waals surface area contributed by atoms with Crippen molar-refractivity contribution < 1.29 is 27.1 Å². The lowest BCUT2D eigenvalue weighted by Gasteiger charge is -2.16. The lowest BCUT2D eigenvalue weighted by molar-refractivity contribution is 0.0595. The Kier molecular flexibility index (Phi) is 6.76. The normalized spacial score (nSPS) is 12.8. The lowest BCUT2D eigenvalue weighted by Crippen LogP contribution is -2.27. The van der Waals surface area contributed by atoms with E-state index in [1.54, 1.807) is 6.92 Å². The summed E-state index contributed by atoms with van der Waals surface area (Å²) in [5, 5.41) is 0. The Morgan fingerprint density at radius 2 is 2.05 bits per heavy atom. The number of halogens is 2. The molecule has 1 N–H and O–H groups in total. The van der Waals surface area contributed by atoms with Crippen molar-refractivity contribution in [2.45, 2.75) is 19.4 Å². The third kappa shape index (κ3) is 4.92. The van der Waals surface area contributed by atoms with Gasteiger partial charge in [0.05, 0.1) is 30.2 Å². The van der Waals surface area contributed by atoms with E-state index < -0.39 is 27.9 Å². The molecule has 0 radical (unpaired) electrons. The first-order valence-corrected chi connectivity index (χ1v) is 8.79. The first kappa shape index (κ1) is 18.9. The highest BCUT2D eigenvalue weighted by Crippen LogP contribution is 2.27. The number of methoxy groups -OCH3 is 2. The largest absolute Gasteiger partial charge is 0.465 e.